The predicted octanol–water partition coefficient (Wildman–Crippen LogP) is 0.213. The number of carbonyl (C=O) groups is 1. The summed E-state index contributed by atoms with van der Waals surface area (Å²) in [7, 11) is 0. The molecule has 0 bridgehead atoms. The Morgan fingerprint density at radius 2 is 2.00 bits per heavy atom. The Kier molecular flexibility index (Phi) is 1.20. The van der Waals surface area contributed by atoms with Gasteiger partial charge in [0, 0.05) is 0 Å². The topological polar surface area (TPSA) is 58.6 Å². The average Bonchev–Trinajstić information content (AvgIpc) is 1.73. The van der Waals surface area contributed by atoms with Crippen LogP contribution in [0.1, 0.15) is 20.8 Å². The Balaban J connectivity index is 2.88. The second-order valence-corrected chi connectivity index (χ2v) is 3.10. The highest BCUT2D eigenvalue weighted by molar-refractivity contribution is 5.71. The van der Waals surface area contributed by atoms with Crippen molar-refractivity contribution in [2.75, 3.05) is 0 Å². The van der Waals surface area contributed by atoms with Crippen LogP contribution in [0.3, 0.4) is 0 Å². The van der Waals surface area contributed by atoms with Crippen molar-refractivity contribution < 1.29 is 14.6 Å². The van der Waals surface area contributed by atoms with Crippen LogP contribution in [0.25, 0.3) is 0 Å². The standard InChI is InChI=1S/C6H11NO3/c1-5(2)6(3,9)7-4(8)10-5/h9H,1-3H3,(H,7,8). The molecule has 4 heteroatoms. The van der Waals surface area contributed by atoms with Crippen molar-refractivity contribution in [2.24, 2.45) is 0 Å². The highest BCUT2D eigenvalue weighted by Gasteiger charge is 2.50. The molecule has 0 aliphatic carbocycles. The van der Waals surface area contributed by atoms with Crippen LogP contribution in [-0.4, -0.2) is 22.5 Å². The van der Waals surface area contributed by atoms with Crippen molar-refractivity contribution in [2.45, 2.75) is 32.1 Å². The second kappa shape index (κ2) is 1.63. The Labute approximate surface area is 59.2 Å². The molecule has 1 amide bonds. The monoisotopic (exact) mass is 145 g/mol. The fourth-order valence-electron chi connectivity index (χ4n) is 0.706. The average molecular weight is 145 g/mol. The van der Waals surface area contributed by atoms with E-state index in [0.717, 1.165) is 0 Å². The van der Waals surface area contributed by atoms with Gasteiger partial charge >= 0.3 is 6.09 Å². The van der Waals surface area contributed by atoms with E-state index >= 15 is 0 Å². The fraction of sp³-hybridized carbons (Fsp3) is 0.833. The van der Waals surface area contributed by atoms with Gasteiger partial charge in [0.2, 0.25) is 0 Å². The van der Waals surface area contributed by atoms with Crippen molar-refractivity contribution in [1.82, 2.24) is 5.32 Å². The maximum absolute atomic E-state index is 10.6. The van der Waals surface area contributed by atoms with Gasteiger partial charge in [0.1, 0.15) is 0 Å². The Hall–Kier alpha value is -0.770. The van der Waals surface area contributed by atoms with Crippen LogP contribution in [-0.2, 0) is 4.74 Å². The number of aliphatic hydroxyl groups is 1. The number of cyclic esters (lactones) is 1. The zero-order valence-electron chi connectivity index (χ0n) is 6.26. The molecule has 1 heterocycles. The summed E-state index contributed by atoms with van der Waals surface area (Å²) < 4.78 is 4.76. The zero-order chi connectivity index (χ0) is 7.99. The summed E-state index contributed by atoms with van der Waals surface area (Å²) in [5.74, 6) is 0. The molecule has 2 N–H and O–H groups in total. The molecule has 1 fully saturated rings. The van der Waals surface area contributed by atoms with Crippen molar-refractivity contribution in [3.8, 4) is 0 Å². The number of hydrogen-bond acceptors (Lipinski definition) is 3. The molecule has 1 aliphatic rings. The van der Waals surface area contributed by atoms with E-state index in [1.54, 1.807) is 13.8 Å². The summed E-state index contributed by atoms with van der Waals surface area (Å²) in [4.78, 5) is 10.6. The van der Waals surface area contributed by atoms with Crippen molar-refractivity contribution in [3.63, 3.8) is 0 Å². The van der Waals surface area contributed by atoms with Gasteiger partial charge in [-0.25, -0.2) is 4.79 Å². The van der Waals surface area contributed by atoms with Crippen LogP contribution < -0.4 is 5.32 Å². The molecule has 1 atom stereocenters. The van der Waals surface area contributed by atoms with Crippen molar-refractivity contribution in [1.29, 1.82) is 0 Å². The van der Waals surface area contributed by atoms with Crippen LogP contribution in [0, 0.1) is 0 Å². The molecule has 0 radical (unpaired) electrons. The normalized spacial score (nSPS) is 37.0. The number of rotatable bonds is 0. The third kappa shape index (κ3) is 0.844. The van der Waals surface area contributed by atoms with Gasteiger partial charge in [0.15, 0.2) is 11.3 Å². The Morgan fingerprint density at radius 3 is 2.10 bits per heavy atom. The molecular weight excluding hydrogens is 134 g/mol. The summed E-state index contributed by atoms with van der Waals surface area (Å²) in [5, 5.41) is 11.7. The van der Waals surface area contributed by atoms with E-state index in [9.17, 15) is 9.90 Å². The lowest BCUT2D eigenvalue weighted by Gasteiger charge is -2.28. The molecule has 1 unspecified atom stereocenters. The SMILES string of the molecule is CC1(O)NC(=O)OC1(C)C. The minimum absolute atomic E-state index is 0.574. The maximum atomic E-state index is 10.6. The van der Waals surface area contributed by atoms with E-state index < -0.39 is 17.4 Å². The lowest BCUT2D eigenvalue weighted by molar-refractivity contribution is -0.0820. The van der Waals surface area contributed by atoms with Gasteiger partial charge in [-0.2, -0.15) is 0 Å². The maximum Gasteiger partial charge on any atom is 0.410 e. The number of carbonyl (C=O) groups excluding carboxylic acids is 1. The smallest absolute Gasteiger partial charge is 0.410 e. The summed E-state index contributed by atoms with van der Waals surface area (Å²) in [6.07, 6.45) is -0.574. The van der Waals surface area contributed by atoms with Crippen LogP contribution in [0.5, 0.6) is 0 Å². The van der Waals surface area contributed by atoms with E-state index in [1.807, 2.05) is 0 Å². The number of nitrogens with one attached hydrogen (secondary N) is 1. The Morgan fingerprint density at radius 1 is 1.50 bits per heavy atom. The summed E-state index contributed by atoms with van der Waals surface area (Å²) in [6, 6.07) is 0. The van der Waals surface area contributed by atoms with Crippen LogP contribution >= 0.6 is 0 Å². The first-order valence-electron chi connectivity index (χ1n) is 3.09. The van der Waals surface area contributed by atoms with Crippen LogP contribution in [0.2, 0.25) is 0 Å². The minimum Gasteiger partial charge on any atom is -0.438 e. The summed E-state index contributed by atoms with van der Waals surface area (Å²) >= 11 is 0. The highest BCUT2D eigenvalue weighted by Crippen LogP contribution is 2.28. The van der Waals surface area contributed by atoms with Crippen molar-refractivity contribution >= 4 is 6.09 Å². The quantitative estimate of drug-likeness (QED) is 0.512. The molecule has 0 aromatic heterocycles. The molecule has 4 nitrogen and oxygen atoms in total. The summed E-state index contributed by atoms with van der Waals surface area (Å²) in [5.41, 5.74) is -2.10. The van der Waals surface area contributed by atoms with Gasteiger partial charge in [-0.1, -0.05) is 0 Å². The first-order chi connectivity index (χ1) is 4.35. The minimum atomic E-state index is -1.26. The molecule has 0 saturated carbocycles. The van der Waals surface area contributed by atoms with Gasteiger partial charge in [-0.3, -0.25) is 5.32 Å². The lowest BCUT2D eigenvalue weighted by Crippen LogP contribution is -2.51. The van der Waals surface area contributed by atoms with Crippen molar-refractivity contribution in [3.05, 3.63) is 0 Å². The summed E-state index contributed by atoms with van der Waals surface area (Å²) in [6.45, 7) is 4.79. The number of amides is 1. The molecule has 10 heavy (non-hydrogen) atoms. The molecule has 1 rings (SSSR count). The van der Waals surface area contributed by atoms with Gasteiger partial charge in [-0.15, -0.1) is 0 Å². The molecular formula is C6H11NO3. The van der Waals surface area contributed by atoms with E-state index in [-0.39, 0.29) is 0 Å². The second-order valence-electron chi connectivity index (χ2n) is 3.10. The van der Waals surface area contributed by atoms with Gasteiger partial charge in [0.05, 0.1) is 0 Å². The zero-order valence-corrected chi connectivity index (χ0v) is 6.26. The first kappa shape index (κ1) is 7.34. The number of ether oxygens (including phenoxy) is 1. The molecule has 58 valence electrons. The lowest BCUT2D eigenvalue weighted by atomic mass is 9.98. The largest absolute Gasteiger partial charge is 0.438 e. The van der Waals surface area contributed by atoms with Gasteiger partial charge in [-0.05, 0) is 20.8 Å². The van der Waals surface area contributed by atoms with E-state index in [4.69, 9.17) is 4.74 Å². The van der Waals surface area contributed by atoms with Gasteiger partial charge < -0.3 is 9.84 Å². The fourth-order valence-corrected chi connectivity index (χ4v) is 0.706. The Bertz CT molecular complexity index is 156. The molecule has 0 aromatic rings. The third-order valence-electron chi connectivity index (χ3n) is 1.87. The first-order valence-corrected chi connectivity index (χ1v) is 3.09. The number of hydrogen-bond donors (Lipinski definition) is 2. The van der Waals surface area contributed by atoms with E-state index in [1.165, 1.54) is 6.92 Å². The molecule has 1 saturated heterocycles. The third-order valence-corrected chi connectivity index (χ3v) is 1.87. The van der Waals surface area contributed by atoms with E-state index in [2.05, 4.69) is 5.32 Å². The highest BCUT2D eigenvalue weighted by atomic mass is 16.6. The molecule has 0 spiro atoms. The molecule has 0 aromatic carbocycles. The molecule has 1 aliphatic heterocycles. The van der Waals surface area contributed by atoms with Crippen LogP contribution in [0.15, 0.2) is 0 Å². The van der Waals surface area contributed by atoms with E-state index in [0.29, 0.717) is 0 Å². The number of alkyl carbamates (subject to hydrolysis) is 1. The predicted molar refractivity (Wildman–Crippen MR) is 34.3 cm³/mol. The van der Waals surface area contributed by atoms with Crippen LogP contribution in [0.4, 0.5) is 4.79 Å². The van der Waals surface area contributed by atoms with Gasteiger partial charge in [0.25, 0.3) is 0 Å².